The first kappa shape index (κ1) is 18.4. The van der Waals surface area contributed by atoms with Crippen molar-refractivity contribution in [2.24, 2.45) is 5.73 Å². The Morgan fingerprint density at radius 1 is 1.21 bits per heavy atom. The van der Waals surface area contributed by atoms with Gasteiger partial charge in [0.25, 0.3) is 0 Å². The number of halogens is 7. The molecule has 9 heteroatoms. The predicted molar refractivity (Wildman–Crippen MR) is 65.9 cm³/mol. The molecule has 0 unspecified atom stereocenters. The van der Waals surface area contributed by atoms with Crippen molar-refractivity contribution in [2.45, 2.75) is 18.1 Å². The van der Waals surface area contributed by atoms with Gasteiger partial charge in [0.15, 0.2) is 0 Å². The second kappa shape index (κ2) is 6.23. The second-order valence-electron chi connectivity index (χ2n) is 3.48. The first-order valence-corrected chi connectivity index (χ1v) is 5.44. The second-order valence-corrected chi connectivity index (χ2v) is 4.40. The van der Waals surface area contributed by atoms with Crippen molar-refractivity contribution < 1.29 is 26.7 Å². The van der Waals surface area contributed by atoms with Crippen LogP contribution in [0.4, 0.5) is 22.0 Å². The fourth-order valence-electron chi connectivity index (χ4n) is 1.32. The molecule has 0 heterocycles. The summed E-state index contributed by atoms with van der Waals surface area (Å²) in [5.41, 5.74) is 4.61. The highest BCUT2D eigenvalue weighted by atomic mass is 79.9. The lowest BCUT2D eigenvalue weighted by atomic mass is 10.00. The number of rotatable bonds is 3. The Bertz CT molecular complexity index is 440. The summed E-state index contributed by atoms with van der Waals surface area (Å²) in [6, 6.07) is 1.24. The van der Waals surface area contributed by atoms with Gasteiger partial charge in [-0.15, -0.1) is 12.4 Å². The quantitative estimate of drug-likeness (QED) is 0.814. The third kappa shape index (κ3) is 3.70. The highest BCUT2D eigenvalue weighted by molar-refractivity contribution is 9.10. The highest BCUT2D eigenvalue weighted by Gasteiger charge is 2.62. The van der Waals surface area contributed by atoms with Crippen molar-refractivity contribution in [1.82, 2.24) is 0 Å². The van der Waals surface area contributed by atoms with Gasteiger partial charge < -0.3 is 10.5 Å². The molecule has 2 nitrogen and oxygen atoms in total. The lowest BCUT2D eigenvalue weighted by Crippen LogP contribution is -2.45. The van der Waals surface area contributed by atoms with Gasteiger partial charge in [-0.25, -0.2) is 0 Å². The Labute approximate surface area is 120 Å². The van der Waals surface area contributed by atoms with Gasteiger partial charge in [-0.2, -0.15) is 22.0 Å². The molecule has 1 aromatic rings. The van der Waals surface area contributed by atoms with E-state index in [9.17, 15) is 22.0 Å². The fraction of sp³-hybridized carbons (Fsp3) is 0.400. The number of nitrogens with two attached hydrogens (primary N) is 1. The first-order valence-electron chi connectivity index (χ1n) is 4.64. The maximum atomic E-state index is 13.1. The van der Waals surface area contributed by atoms with Crippen molar-refractivity contribution in [3.05, 3.63) is 28.2 Å². The summed E-state index contributed by atoms with van der Waals surface area (Å²) in [7, 11) is 1.16. The molecule has 0 saturated carbocycles. The molecule has 0 aliphatic heterocycles. The van der Waals surface area contributed by atoms with Gasteiger partial charge in [-0.1, -0.05) is 15.9 Å². The maximum absolute atomic E-state index is 13.1. The average molecular weight is 371 g/mol. The van der Waals surface area contributed by atoms with Gasteiger partial charge in [0.05, 0.1) is 7.11 Å². The molecule has 1 rings (SSSR count). The third-order valence-electron chi connectivity index (χ3n) is 2.30. The van der Waals surface area contributed by atoms with Crippen LogP contribution < -0.4 is 10.5 Å². The van der Waals surface area contributed by atoms with Gasteiger partial charge in [-0.3, -0.25) is 0 Å². The van der Waals surface area contributed by atoms with Gasteiger partial charge in [0, 0.05) is 10.0 Å². The average Bonchev–Trinajstić information content (AvgIpc) is 2.26. The molecule has 0 aromatic heterocycles. The van der Waals surface area contributed by atoms with E-state index >= 15 is 0 Å². The molecule has 1 aromatic carbocycles. The standard InChI is InChI=1S/C10H9BrF5NO.ClH/c1-18-7-3-2-5(11)4-6(7)8(17)9(12,13)10(14,15)16;/h2-4,8H,17H2,1H3;1H/t8-;/m1./s1. The van der Waals surface area contributed by atoms with Crippen molar-refractivity contribution in [2.75, 3.05) is 7.11 Å². The lowest BCUT2D eigenvalue weighted by Gasteiger charge is -2.27. The molecular formula is C10H10BrClF5NO. The predicted octanol–water partition coefficient (Wildman–Crippen LogP) is 4.08. The van der Waals surface area contributed by atoms with Gasteiger partial charge in [-0.05, 0) is 18.2 Å². The Kier molecular flexibility index (Phi) is 6.04. The minimum absolute atomic E-state index is 0. The van der Waals surface area contributed by atoms with E-state index in [2.05, 4.69) is 15.9 Å². The minimum atomic E-state index is -5.72. The van der Waals surface area contributed by atoms with Crippen LogP contribution in [0.1, 0.15) is 11.6 Å². The Balaban J connectivity index is 0.00000324. The molecule has 0 spiro atoms. The highest BCUT2D eigenvalue weighted by Crippen LogP contribution is 2.45. The summed E-state index contributed by atoms with van der Waals surface area (Å²) in [6.07, 6.45) is -5.72. The first-order chi connectivity index (χ1) is 8.11. The molecule has 0 aliphatic rings. The van der Waals surface area contributed by atoms with Crippen LogP contribution in [0.15, 0.2) is 22.7 Å². The number of alkyl halides is 5. The number of ether oxygens (including phenoxy) is 1. The van der Waals surface area contributed by atoms with Crippen LogP contribution in [0.3, 0.4) is 0 Å². The molecule has 0 aliphatic carbocycles. The van der Waals surface area contributed by atoms with Crippen LogP contribution in [-0.4, -0.2) is 19.2 Å². The monoisotopic (exact) mass is 369 g/mol. The minimum Gasteiger partial charge on any atom is -0.496 e. The van der Waals surface area contributed by atoms with Crippen LogP contribution in [0, 0.1) is 0 Å². The molecule has 2 N–H and O–H groups in total. The zero-order valence-electron chi connectivity index (χ0n) is 9.47. The van der Waals surface area contributed by atoms with Crippen molar-refractivity contribution >= 4 is 28.3 Å². The van der Waals surface area contributed by atoms with Crippen LogP contribution in [0.5, 0.6) is 5.75 Å². The molecule has 110 valence electrons. The largest absolute Gasteiger partial charge is 0.496 e. The molecule has 1 atom stereocenters. The van der Waals surface area contributed by atoms with Gasteiger partial charge >= 0.3 is 12.1 Å². The summed E-state index contributed by atoms with van der Waals surface area (Å²) in [4.78, 5) is 0. The topological polar surface area (TPSA) is 35.2 Å². The Morgan fingerprint density at radius 2 is 1.74 bits per heavy atom. The number of hydrogen-bond acceptors (Lipinski definition) is 2. The summed E-state index contributed by atoms with van der Waals surface area (Å²) in [5, 5.41) is 0. The van der Waals surface area contributed by atoms with E-state index in [1.807, 2.05) is 0 Å². The zero-order chi connectivity index (χ0) is 14.1. The smallest absolute Gasteiger partial charge is 0.455 e. The number of benzene rings is 1. The van der Waals surface area contributed by atoms with Crippen molar-refractivity contribution in [1.29, 1.82) is 0 Å². The van der Waals surface area contributed by atoms with E-state index in [1.54, 1.807) is 0 Å². The summed E-state index contributed by atoms with van der Waals surface area (Å²) >= 11 is 2.97. The van der Waals surface area contributed by atoms with E-state index in [-0.39, 0.29) is 18.2 Å². The van der Waals surface area contributed by atoms with Crippen LogP contribution in [0.25, 0.3) is 0 Å². The molecule has 0 amide bonds. The summed E-state index contributed by atoms with van der Waals surface area (Å²) in [5.74, 6) is -5.17. The van der Waals surface area contributed by atoms with E-state index in [4.69, 9.17) is 10.5 Å². The molecular weight excluding hydrogens is 360 g/mol. The number of hydrogen-bond donors (Lipinski definition) is 1. The molecule has 0 fully saturated rings. The zero-order valence-corrected chi connectivity index (χ0v) is 11.9. The Hall–Kier alpha value is -0.600. The van der Waals surface area contributed by atoms with E-state index in [1.165, 1.54) is 12.1 Å². The molecule has 0 bridgehead atoms. The SMILES string of the molecule is COc1ccc(Br)cc1[C@@H](N)C(F)(F)C(F)(F)F.Cl. The molecule has 0 saturated heterocycles. The van der Waals surface area contributed by atoms with Gasteiger partial charge in [0.1, 0.15) is 11.8 Å². The maximum Gasteiger partial charge on any atom is 0.455 e. The van der Waals surface area contributed by atoms with E-state index in [0.717, 1.165) is 13.2 Å². The summed E-state index contributed by atoms with van der Waals surface area (Å²) < 4.78 is 68.0. The lowest BCUT2D eigenvalue weighted by molar-refractivity contribution is -0.291. The third-order valence-corrected chi connectivity index (χ3v) is 2.79. The van der Waals surface area contributed by atoms with Crippen LogP contribution >= 0.6 is 28.3 Å². The summed E-state index contributed by atoms with van der Waals surface area (Å²) in [6.45, 7) is 0. The van der Waals surface area contributed by atoms with Crippen molar-refractivity contribution in [3.63, 3.8) is 0 Å². The molecule has 19 heavy (non-hydrogen) atoms. The van der Waals surface area contributed by atoms with E-state index in [0.29, 0.717) is 4.47 Å². The number of methoxy groups -OCH3 is 1. The van der Waals surface area contributed by atoms with E-state index < -0.39 is 23.7 Å². The van der Waals surface area contributed by atoms with Crippen LogP contribution in [-0.2, 0) is 0 Å². The Morgan fingerprint density at radius 3 is 2.16 bits per heavy atom. The normalized spacial score (nSPS) is 13.7. The van der Waals surface area contributed by atoms with Crippen LogP contribution in [0.2, 0.25) is 0 Å². The van der Waals surface area contributed by atoms with Crippen molar-refractivity contribution in [3.8, 4) is 5.75 Å². The molecule has 0 radical (unpaired) electrons. The fourth-order valence-corrected chi connectivity index (χ4v) is 1.70. The van der Waals surface area contributed by atoms with Gasteiger partial charge in [0.2, 0.25) is 0 Å².